The molecule has 76 valence electrons. The van der Waals surface area contributed by atoms with Crippen molar-refractivity contribution in [3.63, 3.8) is 0 Å². The van der Waals surface area contributed by atoms with Gasteiger partial charge in [-0.2, -0.15) is 4.98 Å². The van der Waals surface area contributed by atoms with Crippen molar-refractivity contribution in [3.8, 4) is 5.88 Å². The maximum atomic E-state index is 5.37. The van der Waals surface area contributed by atoms with Gasteiger partial charge in [0.15, 0.2) is 5.65 Å². The summed E-state index contributed by atoms with van der Waals surface area (Å²) in [5.41, 5.74) is 2.10. The van der Waals surface area contributed by atoms with Gasteiger partial charge in [-0.1, -0.05) is 11.6 Å². The van der Waals surface area contributed by atoms with Gasteiger partial charge in [0.05, 0.1) is 0 Å². The molecule has 0 saturated heterocycles. The van der Waals surface area contributed by atoms with Crippen LogP contribution in [0, 0.1) is 0 Å². The van der Waals surface area contributed by atoms with Crippen LogP contribution in [0.25, 0.3) is 11.0 Å². The number of halogens is 1. The van der Waals surface area contributed by atoms with Gasteiger partial charge >= 0.3 is 0 Å². The molecule has 0 N–H and O–H groups in total. The lowest BCUT2D eigenvalue weighted by Gasteiger charge is -2.02. The second-order valence-electron chi connectivity index (χ2n) is 2.87. The summed E-state index contributed by atoms with van der Waals surface area (Å²) in [6, 6.07) is 7.57. The molecule has 0 radical (unpaired) electrons. The number of ether oxygens (including phenoxy) is 1. The summed E-state index contributed by atoms with van der Waals surface area (Å²) < 4.78 is 5.33. The van der Waals surface area contributed by atoms with Crippen molar-refractivity contribution < 1.29 is 4.74 Å². The van der Waals surface area contributed by atoms with Gasteiger partial charge in [0.1, 0.15) is 6.61 Å². The molecule has 0 unspecified atom stereocenters. The van der Waals surface area contributed by atoms with E-state index in [9.17, 15) is 0 Å². The van der Waals surface area contributed by atoms with Gasteiger partial charge in [0, 0.05) is 23.2 Å². The lowest BCUT2D eigenvalue weighted by molar-refractivity contribution is 0.350. The summed E-state index contributed by atoms with van der Waals surface area (Å²) in [6.45, 7) is 0.412. The first-order chi connectivity index (χ1) is 7.40. The van der Waals surface area contributed by atoms with Crippen molar-refractivity contribution in [2.24, 2.45) is 0 Å². The third-order valence-electron chi connectivity index (χ3n) is 1.85. The lowest BCUT2D eigenvalue weighted by atomic mass is 10.3. The van der Waals surface area contributed by atoms with E-state index in [1.54, 1.807) is 12.3 Å². The summed E-state index contributed by atoms with van der Waals surface area (Å²) in [5, 5.41) is 0.998. The highest BCUT2D eigenvalue weighted by Crippen LogP contribution is 2.13. The zero-order valence-corrected chi connectivity index (χ0v) is 8.69. The van der Waals surface area contributed by atoms with Gasteiger partial charge in [-0.25, -0.2) is 4.98 Å². The van der Waals surface area contributed by atoms with Crippen LogP contribution >= 0.6 is 11.6 Å². The largest absolute Gasteiger partial charge is 0.473 e. The van der Waals surface area contributed by atoms with Crippen LogP contribution in [0.2, 0.25) is 0 Å². The molecule has 0 atom stereocenters. The average Bonchev–Trinajstić information content (AvgIpc) is 2.29. The van der Waals surface area contributed by atoms with Crippen LogP contribution in [0.3, 0.4) is 0 Å². The number of hydrogen-bond acceptors (Lipinski definition) is 3. The van der Waals surface area contributed by atoms with Gasteiger partial charge in [-0.3, -0.25) is 0 Å². The summed E-state index contributed by atoms with van der Waals surface area (Å²) in [5.74, 6) is 0.552. The predicted molar refractivity (Wildman–Crippen MR) is 60.0 cm³/mol. The van der Waals surface area contributed by atoms with Gasteiger partial charge in [0.25, 0.3) is 0 Å². The lowest BCUT2D eigenvalue weighted by Crippen LogP contribution is -1.96. The minimum atomic E-state index is 0.412. The third kappa shape index (κ3) is 2.44. The van der Waals surface area contributed by atoms with Crippen LogP contribution in [0.4, 0.5) is 0 Å². The van der Waals surface area contributed by atoms with Crippen LogP contribution in [-0.2, 0) is 0 Å². The Balaban J connectivity index is 2.23. The molecule has 0 bridgehead atoms. The van der Waals surface area contributed by atoms with Crippen LogP contribution in [-0.4, -0.2) is 16.6 Å². The second kappa shape index (κ2) is 4.75. The van der Waals surface area contributed by atoms with E-state index >= 15 is 0 Å². The molecule has 3 nitrogen and oxygen atoms in total. The summed E-state index contributed by atoms with van der Waals surface area (Å²) in [6.07, 6.45) is 3.41. The number of nitrogens with zero attached hydrogens (tertiary/aromatic N) is 2. The molecule has 0 spiro atoms. The number of pyridine rings is 2. The maximum absolute atomic E-state index is 5.37. The van der Waals surface area contributed by atoms with E-state index in [0.29, 0.717) is 18.1 Å². The summed E-state index contributed by atoms with van der Waals surface area (Å²) >= 11 is 5.37. The number of fused-ring (bicyclic) bond motifs is 1. The molecule has 0 saturated carbocycles. The van der Waals surface area contributed by atoms with Crippen molar-refractivity contribution in [2.75, 3.05) is 6.61 Å². The second-order valence-corrected chi connectivity index (χ2v) is 3.12. The molecule has 15 heavy (non-hydrogen) atoms. The minimum Gasteiger partial charge on any atom is -0.473 e. The predicted octanol–water partition coefficient (Wildman–Crippen LogP) is 2.76. The molecule has 0 amide bonds. The molecular weight excluding hydrogens is 212 g/mol. The summed E-state index contributed by atoms with van der Waals surface area (Å²) in [7, 11) is 0. The maximum Gasteiger partial charge on any atom is 0.215 e. The minimum absolute atomic E-state index is 0.412. The van der Waals surface area contributed by atoms with E-state index in [1.165, 1.54) is 5.54 Å². The smallest absolute Gasteiger partial charge is 0.215 e. The fourth-order valence-electron chi connectivity index (χ4n) is 1.19. The monoisotopic (exact) mass is 220 g/mol. The first-order valence-electron chi connectivity index (χ1n) is 4.50. The van der Waals surface area contributed by atoms with E-state index in [0.717, 1.165) is 5.39 Å². The Morgan fingerprint density at radius 1 is 1.33 bits per heavy atom. The highest BCUT2D eigenvalue weighted by molar-refractivity contribution is 6.25. The van der Waals surface area contributed by atoms with E-state index in [-0.39, 0.29) is 0 Å². The number of aromatic nitrogens is 2. The zero-order valence-electron chi connectivity index (χ0n) is 7.93. The van der Waals surface area contributed by atoms with Crippen molar-refractivity contribution >= 4 is 22.6 Å². The van der Waals surface area contributed by atoms with Crippen LogP contribution in [0.15, 0.2) is 42.1 Å². The van der Waals surface area contributed by atoms with E-state index < -0.39 is 0 Å². The van der Waals surface area contributed by atoms with Crippen LogP contribution in [0.5, 0.6) is 5.88 Å². The van der Waals surface area contributed by atoms with Gasteiger partial charge in [-0.05, 0) is 24.3 Å². The first-order valence-corrected chi connectivity index (χ1v) is 4.93. The van der Waals surface area contributed by atoms with Crippen LogP contribution in [0.1, 0.15) is 0 Å². The topological polar surface area (TPSA) is 35.0 Å². The van der Waals surface area contributed by atoms with E-state index in [4.69, 9.17) is 16.3 Å². The van der Waals surface area contributed by atoms with Crippen molar-refractivity contribution in [2.45, 2.75) is 0 Å². The number of hydrogen-bond donors (Lipinski definition) is 0. The van der Waals surface area contributed by atoms with Crippen molar-refractivity contribution in [3.05, 3.63) is 42.1 Å². The molecule has 2 aromatic rings. The normalized spacial score (nSPS) is 11.0. The van der Waals surface area contributed by atoms with E-state index in [1.807, 2.05) is 24.3 Å². The molecular formula is C11H9ClN2O. The SMILES string of the molecule is ClC=CCOc1ccc2cccnc2n1. The molecule has 2 rings (SSSR count). The van der Waals surface area contributed by atoms with Crippen molar-refractivity contribution in [1.82, 2.24) is 9.97 Å². The fourth-order valence-corrected chi connectivity index (χ4v) is 1.26. The Morgan fingerprint density at radius 2 is 2.27 bits per heavy atom. The zero-order chi connectivity index (χ0) is 10.5. The Hall–Kier alpha value is -1.61. The quantitative estimate of drug-likeness (QED) is 0.798. The third-order valence-corrected chi connectivity index (χ3v) is 2.03. The summed E-state index contributed by atoms with van der Waals surface area (Å²) in [4.78, 5) is 8.37. The Kier molecular flexibility index (Phi) is 3.15. The highest BCUT2D eigenvalue weighted by atomic mass is 35.5. The first kappa shape index (κ1) is 9.93. The molecule has 2 heterocycles. The van der Waals surface area contributed by atoms with Crippen LogP contribution < -0.4 is 4.74 Å². The molecule has 0 fully saturated rings. The number of rotatable bonds is 3. The fraction of sp³-hybridized carbons (Fsp3) is 0.0909. The molecule has 0 aliphatic rings. The molecule has 0 aliphatic carbocycles. The Morgan fingerprint density at radius 3 is 3.13 bits per heavy atom. The van der Waals surface area contributed by atoms with Gasteiger partial charge in [0.2, 0.25) is 5.88 Å². The van der Waals surface area contributed by atoms with Gasteiger partial charge in [-0.15, -0.1) is 0 Å². The molecule has 4 heteroatoms. The Bertz CT molecular complexity index is 485. The molecule has 0 aromatic carbocycles. The Labute approximate surface area is 92.4 Å². The van der Waals surface area contributed by atoms with Crippen molar-refractivity contribution in [1.29, 1.82) is 0 Å². The van der Waals surface area contributed by atoms with Gasteiger partial charge < -0.3 is 4.74 Å². The molecule has 0 aliphatic heterocycles. The molecule has 2 aromatic heterocycles. The average molecular weight is 221 g/mol. The highest BCUT2D eigenvalue weighted by Gasteiger charge is 1.97. The van der Waals surface area contributed by atoms with E-state index in [2.05, 4.69) is 9.97 Å². The standard InChI is InChI=1S/C11H9ClN2O/c12-6-2-8-15-10-5-4-9-3-1-7-13-11(9)14-10/h1-7H,8H2.